The van der Waals surface area contributed by atoms with E-state index in [1.54, 1.807) is 54.2 Å². The number of rotatable bonds is 7. The van der Waals surface area contributed by atoms with E-state index in [-0.39, 0.29) is 18.5 Å². The molecule has 0 saturated carbocycles. The van der Waals surface area contributed by atoms with Crippen molar-refractivity contribution in [3.63, 3.8) is 0 Å². The Morgan fingerprint density at radius 3 is 2.38 bits per heavy atom. The lowest BCUT2D eigenvalue weighted by Crippen LogP contribution is -2.27. The minimum atomic E-state index is -4.63. The number of aliphatic carboxylic acids is 1. The van der Waals surface area contributed by atoms with Crippen LogP contribution in [0.3, 0.4) is 0 Å². The molecule has 3 aromatic carbocycles. The van der Waals surface area contributed by atoms with Gasteiger partial charge in [-0.3, -0.25) is 14.6 Å². The van der Waals surface area contributed by atoms with Crippen molar-refractivity contribution in [3.05, 3.63) is 113 Å². The number of carboxylic acids is 1. The number of nitrogens with zero attached hydrogens (tertiary/aromatic N) is 2. The topological polar surface area (TPSA) is 84.2 Å². The van der Waals surface area contributed by atoms with E-state index in [2.05, 4.69) is 10.3 Å². The number of benzene rings is 3. The quantitative estimate of drug-likeness (QED) is 0.256. The number of pyridine rings is 1. The third-order valence-corrected chi connectivity index (χ3v) is 6.64. The zero-order valence-corrected chi connectivity index (χ0v) is 20.9. The van der Waals surface area contributed by atoms with Crippen LogP contribution in [0.2, 0.25) is 0 Å². The number of halogens is 3. The lowest BCUT2D eigenvalue weighted by atomic mass is 10.0. The van der Waals surface area contributed by atoms with Gasteiger partial charge in [0.1, 0.15) is 0 Å². The smallest absolute Gasteiger partial charge is 0.416 e. The summed E-state index contributed by atoms with van der Waals surface area (Å²) in [5.74, 6) is -1.61. The first kappa shape index (κ1) is 26.0. The van der Waals surface area contributed by atoms with E-state index in [0.29, 0.717) is 27.7 Å². The Kier molecular flexibility index (Phi) is 6.82. The Morgan fingerprint density at radius 1 is 0.974 bits per heavy atom. The van der Waals surface area contributed by atoms with Crippen LogP contribution >= 0.6 is 0 Å². The number of hydrogen-bond donors (Lipinski definition) is 2. The molecule has 1 atom stereocenters. The number of aromatic nitrogens is 2. The zero-order valence-electron chi connectivity index (χ0n) is 20.9. The molecule has 0 saturated heterocycles. The van der Waals surface area contributed by atoms with Gasteiger partial charge in [-0.05, 0) is 47.7 Å². The Morgan fingerprint density at radius 2 is 1.69 bits per heavy atom. The van der Waals surface area contributed by atoms with Gasteiger partial charge in [0.25, 0.3) is 5.91 Å². The van der Waals surface area contributed by atoms with E-state index in [9.17, 15) is 22.8 Å². The molecule has 0 aliphatic carbocycles. The number of nitrogens with one attached hydrogen (secondary N) is 1. The number of carbonyl (C=O) groups excluding carboxylic acids is 1. The highest BCUT2D eigenvalue weighted by molar-refractivity contribution is 6.06. The highest BCUT2D eigenvalue weighted by Gasteiger charge is 2.33. The van der Waals surface area contributed by atoms with Crippen molar-refractivity contribution in [3.8, 4) is 0 Å². The fourth-order valence-electron chi connectivity index (χ4n) is 4.66. The monoisotopic (exact) mass is 531 g/mol. The number of carbonyl (C=O) groups is 2. The molecule has 2 N–H and O–H groups in total. The predicted molar refractivity (Wildman–Crippen MR) is 141 cm³/mol. The van der Waals surface area contributed by atoms with E-state index in [1.165, 1.54) is 0 Å². The maximum atomic E-state index is 13.7. The highest BCUT2D eigenvalue weighted by atomic mass is 19.4. The van der Waals surface area contributed by atoms with E-state index in [4.69, 9.17) is 5.11 Å². The van der Waals surface area contributed by atoms with Crippen molar-refractivity contribution in [1.29, 1.82) is 0 Å². The van der Waals surface area contributed by atoms with Crippen LogP contribution in [0.4, 0.5) is 13.2 Å². The van der Waals surface area contributed by atoms with Gasteiger partial charge < -0.3 is 15.0 Å². The first-order valence-electron chi connectivity index (χ1n) is 12.2. The van der Waals surface area contributed by atoms with E-state index in [1.807, 2.05) is 30.3 Å². The number of fused-ring (bicyclic) bond motifs is 2. The summed E-state index contributed by atoms with van der Waals surface area (Å²) in [6.07, 6.45) is -1.36. The van der Waals surface area contributed by atoms with Crippen molar-refractivity contribution in [2.75, 3.05) is 0 Å². The molecule has 198 valence electrons. The average molecular weight is 532 g/mol. The molecule has 0 fully saturated rings. The Hall–Kier alpha value is -4.66. The van der Waals surface area contributed by atoms with Gasteiger partial charge in [-0.1, -0.05) is 48.5 Å². The average Bonchev–Trinajstić information content (AvgIpc) is 3.30. The number of alkyl halides is 3. The maximum Gasteiger partial charge on any atom is 0.416 e. The third kappa shape index (κ3) is 5.62. The van der Waals surface area contributed by atoms with Gasteiger partial charge in [0.2, 0.25) is 0 Å². The molecule has 2 heterocycles. The molecule has 2 aromatic heterocycles. The van der Waals surface area contributed by atoms with Crippen LogP contribution in [0, 0.1) is 0 Å². The molecule has 0 spiro atoms. The van der Waals surface area contributed by atoms with Gasteiger partial charge in [0.05, 0.1) is 41.3 Å². The molecule has 6 nitrogen and oxygen atoms in total. The van der Waals surface area contributed by atoms with Gasteiger partial charge in [-0.25, -0.2) is 0 Å². The van der Waals surface area contributed by atoms with Gasteiger partial charge in [0.15, 0.2) is 0 Å². The summed E-state index contributed by atoms with van der Waals surface area (Å²) in [5, 5.41) is 14.0. The fraction of sp³-hybridized carbons (Fsp3) is 0.167. The lowest BCUT2D eigenvalue weighted by molar-refractivity contribution is -0.138. The maximum absolute atomic E-state index is 13.7. The molecule has 0 radical (unpaired) electrons. The second kappa shape index (κ2) is 10.2. The zero-order chi connectivity index (χ0) is 27.7. The molecule has 0 aliphatic rings. The molecule has 0 aliphatic heterocycles. The Bertz CT molecular complexity index is 1690. The van der Waals surface area contributed by atoms with Gasteiger partial charge >= 0.3 is 12.1 Å². The van der Waals surface area contributed by atoms with Gasteiger partial charge in [-0.15, -0.1) is 0 Å². The molecular formula is C30H24F3N3O3. The van der Waals surface area contributed by atoms with Crippen LogP contribution in [0.5, 0.6) is 0 Å². The molecule has 5 rings (SSSR count). The van der Waals surface area contributed by atoms with Crippen LogP contribution < -0.4 is 5.32 Å². The van der Waals surface area contributed by atoms with Crippen LogP contribution in [0.1, 0.15) is 45.7 Å². The summed E-state index contributed by atoms with van der Waals surface area (Å²) in [5.41, 5.74) is 1.36. The first-order valence-corrected chi connectivity index (χ1v) is 12.2. The molecule has 39 heavy (non-hydrogen) atoms. The summed E-state index contributed by atoms with van der Waals surface area (Å²) >= 11 is 0. The SMILES string of the molecule is C[C@H](NC(=O)c1cc(C(F)(F)F)cc2ccn(Cc3cc4ccccc4cn3)c12)c1ccc(CC(=O)O)cc1. The lowest BCUT2D eigenvalue weighted by Gasteiger charge is -2.18. The van der Waals surface area contributed by atoms with Crippen molar-refractivity contribution in [1.82, 2.24) is 14.9 Å². The molecule has 9 heteroatoms. The first-order chi connectivity index (χ1) is 18.6. The normalized spacial score (nSPS) is 12.5. The largest absolute Gasteiger partial charge is 0.481 e. The second-order valence-electron chi connectivity index (χ2n) is 9.43. The fourth-order valence-corrected chi connectivity index (χ4v) is 4.66. The summed E-state index contributed by atoms with van der Waals surface area (Å²) in [6, 6.07) is 19.3. The van der Waals surface area contributed by atoms with E-state index in [0.717, 1.165) is 22.9 Å². The third-order valence-electron chi connectivity index (χ3n) is 6.64. The summed E-state index contributed by atoms with van der Waals surface area (Å²) in [7, 11) is 0. The van der Waals surface area contributed by atoms with Crippen LogP contribution in [-0.2, 0) is 23.9 Å². The number of carboxylic acid groups (broad SMARTS) is 1. The van der Waals surface area contributed by atoms with Crippen molar-refractivity contribution in [2.24, 2.45) is 0 Å². The molecule has 1 amide bonds. The second-order valence-corrected chi connectivity index (χ2v) is 9.43. The van der Waals surface area contributed by atoms with Crippen molar-refractivity contribution >= 4 is 33.6 Å². The van der Waals surface area contributed by atoms with Crippen molar-refractivity contribution < 1.29 is 27.9 Å². The molecule has 0 unspecified atom stereocenters. The summed E-state index contributed by atoms with van der Waals surface area (Å²) in [4.78, 5) is 28.9. The van der Waals surface area contributed by atoms with E-state index < -0.39 is 29.7 Å². The minimum absolute atomic E-state index is 0.0973. The minimum Gasteiger partial charge on any atom is -0.481 e. The highest BCUT2D eigenvalue weighted by Crippen LogP contribution is 2.34. The standard InChI is InChI=1S/C30H24F3N3O3/c1-18(20-8-6-19(7-9-20)12-27(37)38)35-29(39)26-15-24(30(31,32)33)13-22-10-11-36(28(22)26)17-25-14-21-4-2-3-5-23(21)16-34-25/h2-11,13-16,18H,12,17H2,1H3,(H,35,39)(H,37,38)/t18-/m0/s1. The Balaban J connectivity index is 1.49. The summed E-state index contributed by atoms with van der Waals surface area (Å²) < 4.78 is 42.9. The Labute approximate surface area is 221 Å². The molecular weight excluding hydrogens is 507 g/mol. The van der Waals surface area contributed by atoms with Gasteiger partial charge in [-0.2, -0.15) is 13.2 Å². The van der Waals surface area contributed by atoms with Crippen LogP contribution in [0.15, 0.2) is 85.2 Å². The van der Waals surface area contributed by atoms with Gasteiger partial charge in [0, 0.05) is 23.2 Å². The van der Waals surface area contributed by atoms with E-state index >= 15 is 0 Å². The molecule has 0 bridgehead atoms. The number of hydrogen-bond acceptors (Lipinski definition) is 3. The predicted octanol–water partition coefficient (Wildman–Crippen LogP) is 6.37. The van der Waals surface area contributed by atoms with Crippen molar-refractivity contribution in [2.45, 2.75) is 32.1 Å². The number of amides is 1. The summed E-state index contributed by atoms with van der Waals surface area (Å²) in [6.45, 7) is 1.98. The molecule has 5 aromatic rings. The van der Waals surface area contributed by atoms with Crippen LogP contribution in [-0.4, -0.2) is 26.5 Å². The van der Waals surface area contributed by atoms with Crippen LogP contribution in [0.25, 0.3) is 21.7 Å².